The van der Waals surface area contributed by atoms with Crippen molar-refractivity contribution in [3.05, 3.63) is 62.5 Å². The fourth-order valence-electron chi connectivity index (χ4n) is 1.76. The molecule has 8 heteroatoms. The van der Waals surface area contributed by atoms with Gasteiger partial charge >= 0.3 is 5.97 Å². The number of benzene rings is 1. The predicted octanol–water partition coefficient (Wildman–Crippen LogP) is 2.49. The standard InChI is InChI=1S/C14H10Cl2N2O4/c15-8-3-4-11(10(16)6-8)17-12(19)7-18-5-1-2-9(13(18)20)14(21)22/h1-6H,7H2,(H,17,19)(H,21,22). The number of anilines is 1. The Morgan fingerprint density at radius 3 is 2.59 bits per heavy atom. The number of carboxylic acids is 1. The van der Waals surface area contributed by atoms with Gasteiger partial charge in [0, 0.05) is 11.2 Å². The molecular formula is C14H10Cl2N2O4. The minimum atomic E-state index is -1.35. The van der Waals surface area contributed by atoms with E-state index in [1.165, 1.54) is 30.5 Å². The molecule has 1 amide bonds. The van der Waals surface area contributed by atoms with Gasteiger partial charge in [0.2, 0.25) is 5.91 Å². The highest BCUT2D eigenvalue weighted by molar-refractivity contribution is 6.36. The summed E-state index contributed by atoms with van der Waals surface area (Å²) in [5, 5.41) is 12.1. The quantitative estimate of drug-likeness (QED) is 0.894. The molecule has 114 valence electrons. The van der Waals surface area contributed by atoms with Gasteiger partial charge in [0.05, 0.1) is 10.7 Å². The molecule has 0 aliphatic heterocycles. The topological polar surface area (TPSA) is 88.4 Å². The van der Waals surface area contributed by atoms with Crippen LogP contribution in [0.1, 0.15) is 10.4 Å². The molecule has 22 heavy (non-hydrogen) atoms. The molecule has 0 aliphatic rings. The van der Waals surface area contributed by atoms with Crippen LogP contribution in [0.3, 0.4) is 0 Å². The predicted molar refractivity (Wildman–Crippen MR) is 82.8 cm³/mol. The Kier molecular flexibility index (Phi) is 4.85. The lowest BCUT2D eigenvalue weighted by molar-refractivity contribution is -0.116. The third-order valence-electron chi connectivity index (χ3n) is 2.77. The number of rotatable bonds is 4. The molecule has 0 fully saturated rings. The summed E-state index contributed by atoms with van der Waals surface area (Å²) in [6, 6.07) is 7.11. The van der Waals surface area contributed by atoms with Crippen molar-refractivity contribution in [3.8, 4) is 0 Å². The van der Waals surface area contributed by atoms with Crippen LogP contribution in [0.4, 0.5) is 5.69 Å². The molecule has 2 rings (SSSR count). The molecule has 1 aromatic heterocycles. The number of aromatic nitrogens is 1. The summed E-state index contributed by atoms with van der Waals surface area (Å²) in [6.07, 6.45) is 1.33. The first-order valence-electron chi connectivity index (χ1n) is 6.06. The Morgan fingerprint density at radius 1 is 1.23 bits per heavy atom. The first-order valence-corrected chi connectivity index (χ1v) is 6.81. The number of carbonyl (C=O) groups excluding carboxylic acids is 1. The molecule has 0 unspecified atom stereocenters. The molecule has 0 radical (unpaired) electrons. The Bertz CT molecular complexity index is 802. The van der Waals surface area contributed by atoms with Crippen LogP contribution in [0.2, 0.25) is 10.0 Å². The van der Waals surface area contributed by atoms with Crippen LogP contribution in [-0.2, 0) is 11.3 Å². The van der Waals surface area contributed by atoms with E-state index in [9.17, 15) is 14.4 Å². The number of hydrogen-bond acceptors (Lipinski definition) is 3. The maximum atomic E-state index is 11.9. The number of carbonyl (C=O) groups is 2. The lowest BCUT2D eigenvalue weighted by Gasteiger charge is -2.09. The third-order valence-corrected chi connectivity index (χ3v) is 3.32. The molecule has 0 spiro atoms. The molecule has 2 aromatic rings. The largest absolute Gasteiger partial charge is 0.477 e. The van der Waals surface area contributed by atoms with Crippen molar-refractivity contribution in [2.45, 2.75) is 6.54 Å². The number of nitrogens with zero attached hydrogens (tertiary/aromatic N) is 1. The summed E-state index contributed by atoms with van der Waals surface area (Å²) in [5.74, 6) is -1.87. The second-order valence-electron chi connectivity index (χ2n) is 4.33. The van der Waals surface area contributed by atoms with Crippen molar-refractivity contribution in [2.75, 3.05) is 5.32 Å². The number of carboxylic acid groups (broad SMARTS) is 1. The molecule has 1 aromatic carbocycles. The highest BCUT2D eigenvalue weighted by Crippen LogP contribution is 2.25. The second-order valence-corrected chi connectivity index (χ2v) is 5.18. The van der Waals surface area contributed by atoms with Crippen LogP contribution in [0.25, 0.3) is 0 Å². The van der Waals surface area contributed by atoms with Crippen molar-refractivity contribution in [1.82, 2.24) is 4.57 Å². The molecule has 0 aliphatic carbocycles. The van der Waals surface area contributed by atoms with E-state index in [0.29, 0.717) is 10.7 Å². The first-order chi connectivity index (χ1) is 10.4. The van der Waals surface area contributed by atoms with E-state index < -0.39 is 23.0 Å². The number of amides is 1. The van der Waals surface area contributed by atoms with Crippen molar-refractivity contribution in [1.29, 1.82) is 0 Å². The van der Waals surface area contributed by atoms with Gasteiger partial charge in [0.1, 0.15) is 12.1 Å². The number of pyridine rings is 1. The van der Waals surface area contributed by atoms with Crippen LogP contribution in [0.15, 0.2) is 41.3 Å². The maximum absolute atomic E-state index is 11.9. The van der Waals surface area contributed by atoms with Crippen molar-refractivity contribution in [2.24, 2.45) is 0 Å². The van der Waals surface area contributed by atoms with E-state index in [4.69, 9.17) is 28.3 Å². The Balaban J connectivity index is 2.18. The lowest BCUT2D eigenvalue weighted by atomic mass is 10.3. The van der Waals surface area contributed by atoms with Crippen molar-refractivity contribution >= 4 is 40.8 Å². The third kappa shape index (κ3) is 3.66. The summed E-state index contributed by atoms with van der Waals surface area (Å²) in [7, 11) is 0. The highest BCUT2D eigenvalue weighted by atomic mass is 35.5. The van der Waals surface area contributed by atoms with Crippen LogP contribution in [0, 0.1) is 0 Å². The summed E-state index contributed by atoms with van der Waals surface area (Å²) < 4.78 is 1.00. The van der Waals surface area contributed by atoms with Crippen LogP contribution < -0.4 is 10.9 Å². The monoisotopic (exact) mass is 340 g/mol. The van der Waals surface area contributed by atoms with E-state index >= 15 is 0 Å². The summed E-state index contributed by atoms with van der Waals surface area (Å²) >= 11 is 11.7. The smallest absolute Gasteiger partial charge is 0.341 e. The van der Waals surface area contributed by atoms with Crippen molar-refractivity contribution in [3.63, 3.8) is 0 Å². The Labute approximate surface area is 134 Å². The zero-order valence-electron chi connectivity index (χ0n) is 11.0. The minimum Gasteiger partial charge on any atom is -0.477 e. The van der Waals surface area contributed by atoms with Crippen LogP contribution in [-0.4, -0.2) is 21.6 Å². The molecule has 6 nitrogen and oxygen atoms in total. The molecule has 1 heterocycles. The van der Waals surface area contributed by atoms with Crippen LogP contribution in [0.5, 0.6) is 0 Å². The van der Waals surface area contributed by atoms with E-state index in [0.717, 1.165) is 4.57 Å². The normalized spacial score (nSPS) is 10.3. The molecular weight excluding hydrogens is 331 g/mol. The van der Waals surface area contributed by atoms with Gasteiger partial charge in [-0.3, -0.25) is 9.59 Å². The van der Waals surface area contributed by atoms with Gasteiger partial charge in [-0.2, -0.15) is 0 Å². The van der Waals surface area contributed by atoms with E-state index in [1.807, 2.05) is 0 Å². The molecule has 0 bridgehead atoms. The van der Waals surface area contributed by atoms with Gasteiger partial charge in [-0.15, -0.1) is 0 Å². The number of hydrogen-bond donors (Lipinski definition) is 2. The summed E-state index contributed by atoms with van der Waals surface area (Å²) in [4.78, 5) is 34.7. The van der Waals surface area contributed by atoms with Gasteiger partial charge in [0.25, 0.3) is 5.56 Å². The van der Waals surface area contributed by atoms with Crippen molar-refractivity contribution < 1.29 is 14.7 Å². The molecule has 2 N–H and O–H groups in total. The van der Waals surface area contributed by atoms with Crippen LogP contribution >= 0.6 is 23.2 Å². The molecule has 0 atom stereocenters. The number of nitrogens with one attached hydrogen (secondary N) is 1. The Morgan fingerprint density at radius 2 is 1.95 bits per heavy atom. The average molecular weight is 341 g/mol. The zero-order chi connectivity index (χ0) is 16.3. The minimum absolute atomic E-state index is 0.257. The van der Waals surface area contributed by atoms with E-state index in [-0.39, 0.29) is 11.6 Å². The fourth-order valence-corrected chi connectivity index (χ4v) is 2.22. The summed E-state index contributed by atoms with van der Waals surface area (Å²) in [6.45, 7) is -0.334. The fraction of sp³-hybridized carbons (Fsp3) is 0.0714. The SMILES string of the molecule is O=C(Cn1cccc(C(=O)O)c1=O)Nc1ccc(Cl)cc1Cl. The van der Waals surface area contributed by atoms with E-state index in [2.05, 4.69) is 5.32 Å². The summed E-state index contributed by atoms with van der Waals surface area (Å²) in [5.41, 5.74) is -0.814. The Hall–Kier alpha value is -2.31. The average Bonchev–Trinajstić information content (AvgIpc) is 2.44. The number of aromatic carboxylic acids is 1. The number of halogens is 2. The van der Waals surface area contributed by atoms with Gasteiger partial charge in [0.15, 0.2) is 0 Å². The van der Waals surface area contributed by atoms with Gasteiger partial charge in [-0.25, -0.2) is 4.79 Å². The van der Waals surface area contributed by atoms with Gasteiger partial charge in [-0.1, -0.05) is 23.2 Å². The second kappa shape index (κ2) is 6.64. The zero-order valence-corrected chi connectivity index (χ0v) is 12.6. The molecule has 0 saturated carbocycles. The first kappa shape index (κ1) is 16.1. The molecule has 0 saturated heterocycles. The lowest BCUT2D eigenvalue weighted by Crippen LogP contribution is -2.30. The highest BCUT2D eigenvalue weighted by Gasteiger charge is 2.13. The van der Waals surface area contributed by atoms with Gasteiger partial charge in [-0.05, 0) is 30.3 Å². The van der Waals surface area contributed by atoms with Gasteiger partial charge < -0.3 is 15.0 Å². The van der Waals surface area contributed by atoms with E-state index in [1.54, 1.807) is 6.07 Å². The maximum Gasteiger partial charge on any atom is 0.341 e.